The number of benzene rings is 1. The van der Waals surface area contributed by atoms with E-state index in [1.54, 1.807) is 13.3 Å². The summed E-state index contributed by atoms with van der Waals surface area (Å²) >= 11 is 0. The third-order valence-corrected chi connectivity index (χ3v) is 4.53. The van der Waals surface area contributed by atoms with Crippen LogP contribution in [-0.4, -0.2) is 49.7 Å². The number of nitrogens with one attached hydrogen (secondary N) is 1. The average Bonchev–Trinajstić information content (AvgIpc) is 2.67. The highest BCUT2D eigenvalue weighted by atomic mass is 16.5. The second kappa shape index (κ2) is 7.86. The first-order chi connectivity index (χ1) is 12.9. The molecule has 1 N–H and O–H groups in total. The van der Waals surface area contributed by atoms with Crippen LogP contribution in [0.1, 0.15) is 31.1 Å². The van der Waals surface area contributed by atoms with Crippen molar-refractivity contribution in [3.63, 3.8) is 0 Å². The average molecular weight is 368 g/mol. The molecule has 0 saturated carbocycles. The van der Waals surface area contributed by atoms with Crippen molar-refractivity contribution < 1.29 is 9.53 Å². The molecule has 3 rings (SSSR count). The minimum Gasteiger partial charge on any atom is -0.495 e. The van der Waals surface area contributed by atoms with Crippen molar-refractivity contribution in [3.8, 4) is 5.75 Å². The van der Waals surface area contributed by atoms with E-state index in [1.165, 1.54) is 0 Å². The second-order valence-electron chi connectivity index (χ2n) is 7.76. The van der Waals surface area contributed by atoms with Crippen molar-refractivity contribution in [1.82, 2.24) is 10.3 Å². The number of carbonyl (C=O) groups is 1. The number of ether oxygens (including phenoxy) is 1. The topological polar surface area (TPSA) is 57.7 Å². The first-order valence-electron chi connectivity index (χ1n) is 9.29. The monoisotopic (exact) mass is 368 g/mol. The molecule has 1 aromatic heterocycles. The molecule has 0 spiro atoms. The van der Waals surface area contributed by atoms with E-state index in [2.05, 4.69) is 26.2 Å². The number of carbonyl (C=O) groups excluding carboxylic acids is 1. The van der Waals surface area contributed by atoms with Crippen molar-refractivity contribution >= 4 is 17.4 Å². The van der Waals surface area contributed by atoms with Gasteiger partial charge in [-0.3, -0.25) is 4.79 Å². The largest absolute Gasteiger partial charge is 0.495 e. The van der Waals surface area contributed by atoms with Crippen LogP contribution < -0.4 is 19.9 Å². The van der Waals surface area contributed by atoms with Crippen LogP contribution in [0.15, 0.2) is 42.6 Å². The fourth-order valence-corrected chi connectivity index (χ4v) is 3.19. The van der Waals surface area contributed by atoms with Gasteiger partial charge in [0.15, 0.2) is 0 Å². The van der Waals surface area contributed by atoms with Gasteiger partial charge in [0.05, 0.1) is 18.4 Å². The van der Waals surface area contributed by atoms with Crippen molar-refractivity contribution in [2.45, 2.75) is 26.3 Å². The molecular formula is C21H28N4O2. The Bertz CT molecular complexity index is 776. The third-order valence-electron chi connectivity index (χ3n) is 4.53. The van der Waals surface area contributed by atoms with E-state index in [9.17, 15) is 4.79 Å². The molecular weight excluding hydrogens is 340 g/mol. The van der Waals surface area contributed by atoms with E-state index in [-0.39, 0.29) is 11.4 Å². The summed E-state index contributed by atoms with van der Waals surface area (Å²) in [5.41, 5.74) is 1.45. The highest BCUT2D eigenvalue weighted by molar-refractivity contribution is 5.94. The predicted molar refractivity (Wildman–Crippen MR) is 109 cm³/mol. The fourth-order valence-electron chi connectivity index (χ4n) is 3.19. The Morgan fingerprint density at radius 3 is 2.30 bits per heavy atom. The van der Waals surface area contributed by atoms with E-state index in [1.807, 2.05) is 51.1 Å². The Hall–Kier alpha value is -2.76. The van der Waals surface area contributed by atoms with E-state index >= 15 is 0 Å². The van der Waals surface area contributed by atoms with Gasteiger partial charge in [0.1, 0.15) is 11.6 Å². The first-order valence-corrected chi connectivity index (χ1v) is 9.29. The van der Waals surface area contributed by atoms with Crippen LogP contribution in [0.4, 0.5) is 11.5 Å². The number of rotatable bonds is 4. The van der Waals surface area contributed by atoms with Crippen LogP contribution in [-0.2, 0) is 0 Å². The van der Waals surface area contributed by atoms with Crippen molar-refractivity contribution in [1.29, 1.82) is 0 Å². The Kier molecular flexibility index (Phi) is 5.54. The Morgan fingerprint density at radius 2 is 1.70 bits per heavy atom. The molecule has 144 valence electrons. The maximum absolute atomic E-state index is 12.2. The zero-order valence-electron chi connectivity index (χ0n) is 16.5. The molecule has 1 aromatic carbocycles. The quantitative estimate of drug-likeness (QED) is 0.899. The number of amides is 1. The third kappa shape index (κ3) is 4.70. The maximum Gasteiger partial charge on any atom is 0.253 e. The van der Waals surface area contributed by atoms with Crippen LogP contribution in [0.5, 0.6) is 5.75 Å². The highest BCUT2D eigenvalue weighted by Gasteiger charge is 2.21. The van der Waals surface area contributed by atoms with E-state index in [0.29, 0.717) is 5.56 Å². The maximum atomic E-state index is 12.2. The first kappa shape index (κ1) is 19.0. The molecule has 6 nitrogen and oxygen atoms in total. The molecule has 1 aliphatic heterocycles. The number of nitrogens with zero attached hydrogens (tertiary/aromatic N) is 3. The van der Waals surface area contributed by atoms with Crippen LogP contribution in [0.3, 0.4) is 0 Å². The molecule has 1 amide bonds. The van der Waals surface area contributed by atoms with Gasteiger partial charge in [0.25, 0.3) is 5.91 Å². The summed E-state index contributed by atoms with van der Waals surface area (Å²) in [6.45, 7) is 9.44. The smallest absolute Gasteiger partial charge is 0.253 e. The van der Waals surface area contributed by atoms with Gasteiger partial charge in [-0.1, -0.05) is 12.1 Å². The standard InChI is InChI=1S/C21H28N4O2/c1-21(2,3)23-20(26)16-9-10-19(22-15-16)25-13-11-24(12-14-25)17-7-5-6-8-18(17)27-4/h5-10,15H,11-14H2,1-4H3,(H,23,26). The number of methoxy groups -OCH3 is 1. The van der Waals surface area contributed by atoms with Crippen LogP contribution >= 0.6 is 0 Å². The number of para-hydroxylation sites is 2. The summed E-state index contributed by atoms with van der Waals surface area (Å²) in [6.07, 6.45) is 1.66. The minimum absolute atomic E-state index is 0.0949. The zero-order chi connectivity index (χ0) is 19.4. The minimum atomic E-state index is -0.259. The molecule has 2 heterocycles. The molecule has 0 radical (unpaired) electrons. The lowest BCUT2D eigenvalue weighted by molar-refractivity contribution is 0.0919. The summed E-state index contributed by atoms with van der Waals surface area (Å²) in [7, 11) is 1.70. The lowest BCUT2D eigenvalue weighted by atomic mass is 10.1. The molecule has 27 heavy (non-hydrogen) atoms. The number of piperazine rings is 1. The number of pyridine rings is 1. The van der Waals surface area contributed by atoms with Gasteiger partial charge >= 0.3 is 0 Å². The summed E-state index contributed by atoms with van der Waals surface area (Å²) < 4.78 is 5.47. The molecule has 0 aliphatic carbocycles. The Morgan fingerprint density at radius 1 is 1.04 bits per heavy atom. The van der Waals surface area contributed by atoms with Gasteiger partial charge in [-0.25, -0.2) is 4.98 Å². The summed E-state index contributed by atoms with van der Waals surface area (Å²) in [6, 6.07) is 11.9. The summed E-state index contributed by atoms with van der Waals surface area (Å²) in [5, 5.41) is 2.96. The van der Waals surface area contributed by atoms with Gasteiger partial charge < -0.3 is 19.9 Å². The number of anilines is 2. The number of hydrogen-bond donors (Lipinski definition) is 1. The number of hydrogen-bond acceptors (Lipinski definition) is 5. The second-order valence-corrected chi connectivity index (χ2v) is 7.76. The summed E-state index contributed by atoms with van der Waals surface area (Å²) in [5.74, 6) is 1.71. The molecule has 0 atom stereocenters. The zero-order valence-corrected chi connectivity index (χ0v) is 16.5. The Labute approximate surface area is 161 Å². The van der Waals surface area contributed by atoms with Crippen LogP contribution in [0.2, 0.25) is 0 Å². The van der Waals surface area contributed by atoms with Crippen molar-refractivity contribution in [2.24, 2.45) is 0 Å². The Balaban J connectivity index is 1.62. The fraction of sp³-hybridized carbons (Fsp3) is 0.429. The van der Waals surface area contributed by atoms with E-state index in [4.69, 9.17) is 4.74 Å². The molecule has 0 unspecified atom stereocenters. The van der Waals surface area contributed by atoms with Gasteiger partial charge in [-0.2, -0.15) is 0 Å². The molecule has 1 aliphatic rings. The van der Waals surface area contributed by atoms with E-state index < -0.39 is 0 Å². The molecule has 6 heteroatoms. The van der Waals surface area contributed by atoms with Gasteiger partial charge in [0, 0.05) is 37.9 Å². The van der Waals surface area contributed by atoms with Crippen LogP contribution in [0.25, 0.3) is 0 Å². The molecule has 1 saturated heterocycles. The van der Waals surface area contributed by atoms with Crippen LogP contribution in [0, 0.1) is 0 Å². The normalized spacial score (nSPS) is 14.8. The molecule has 2 aromatic rings. The lowest BCUT2D eigenvalue weighted by Gasteiger charge is -2.37. The van der Waals surface area contributed by atoms with Crippen molar-refractivity contribution in [2.75, 3.05) is 43.1 Å². The molecule has 0 bridgehead atoms. The highest BCUT2D eigenvalue weighted by Crippen LogP contribution is 2.29. The predicted octanol–water partition coefficient (Wildman–Crippen LogP) is 2.95. The van der Waals surface area contributed by atoms with Gasteiger partial charge in [-0.05, 0) is 45.0 Å². The molecule has 1 fully saturated rings. The SMILES string of the molecule is COc1ccccc1N1CCN(c2ccc(C(=O)NC(C)(C)C)cn2)CC1. The number of aromatic nitrogens is 1. The van der Waals surface area contributed by atoms with Crippen molar-refractivity contribution in [3.05, 3.63) is 48.2 Å². The van der Waals surface area contributed by atoms with Gasteiger partial charge in [-0.15, -0.1) is 0 Å². The summed E-state index contributed by atoms with van der Waals surface area (Å²) in [4.78, 5) is 21.3. The lowest BCUT2D eigenvalue weighted by Crippen LogP contribution is -2.47. The van der Waals surface area contributed by atoms with Gasteiger partial charge in [0.2, 0.25) is 0 Å². The van der Waals surface area contributed by atoms with E-state index in [0.717, 1.165) is 43.4 Å².